The maximum atomic E-state index is 6.28. The summed E-state index contributed by atoms with van der Waals surface area (Å²) in [5.74, 6) is 4.15. The Labute approximate surface area is 136 Å². The van der Waals surface area contributed by atoms with Crippen LogP contribution < -0.4 is 4.74 Å². The van der Waals surface area contributed by atoms with E-state index in [0.29, 0.717) is 24.0 Å². The van der Waals surface area contributed by atoms with E-state index in [4.69, 9.17) is 27.7 Å². The summed E-state index contributed by atoms with van der Waals surface area (Å²) >= 11 is 6.28. The molecule has 2 aromatic rings. The fourth-order valence-electron chi connectivity index (χ4n) is 2.38. The Kier molecular flexibility index (Phi) is 4.52. The molecule has 0 atom stereocenters. The predicted octanol–water partition coefficient (Wildman–Crippen LogP) is 3.74. The number of hydrogen-bond donors (Lipinski definition) is 0. The van der Waals surface area contributed by atoms with Crippen LogP contribution in [0.4, 0.5) is 0 Å². The number of aromatic nitrogens is 1. The quantitative estimate of drug-likeness (QED) is 0.759. The molecule has 0 spiro atoms. The number of nitrogens with zero attached hydrogens (tertiary/aromatic N) is 2. The van der Waals surface area contributed by atoms with Gasteiger partial charge in [0.2, 0.25) is 0 Å². The second-order valence-electron chi connectivity index (χ2n) is 5.88. The lowest BCUT2D eigenvalue weighted by Crippen LogP contribution is -2.18. The first-order valence-electron chi connectivity index (χ1n) is 7.50. The molecule has 1 aliphatic rings. The van der Waals surface area contributed by atoms with E-state index in [-0.39, 0.29) is 0 Å². The summed E-state index contributed by atoms with van der Waals surface area (Å²) in [5, 5.41) is 1.63. The van der Waals surface area contributed by atoms with Crippen LogP contribution in [-0.4, -0.2) is 30.1 Å². The van der Waals surface area contributed by atoms with Crippen LogP contribution in [0.2, 0.25) is 5.02 Å². The van der Waals surface area contributed by atoms with Crippen molar-refractivity contribution in [2.45, 2.75) is 19.4 Å². The molecule has 1 heterocycles. The van der Waals surface area contributed by atoms with E-state index in [1.807, 2.05) is 36.2 Å². The molecule has 1 saturated carbocycles. The molecular weight excluding hydrogens is 296 g/mol. The van der Waals surface area contributed by atoms with Crippen LogP contribution in [-0.2, 0) is 6.54 Å². The van der Waals surface area contributed by atoms with Crippen molar-refractivity contribution in [3.05, 3.63) is 35.0 Å². The van der Waals surface area contributed by atoms with Gasteiger partial charge in [0.1, 0.15) is 11.3 Å². The molecule has 0 saturated heterocycles. The van der Waals surface area contributed by atoms with E-state index in [2.05, 4.69) is 5.92 Å². The lowest BCUT2D eigenvalue weighted by atomic mass is 10.2. The lowest BCUT2D eigenvalue weighted by Gasteiger charge is -2.14. The maximum absolute atomic E-state index is 6.28. The van der Waals surface area contributed by atoms with E-state index in [1.54, 1.807) is 0 Å². The van der Waals surface area contributed by atoms with Crippen molar-refractivity contribution in [1.82, 2.24) is 9.88 Å². The Morgan fingerprint density at radius 2 is 2.18 bits per heavy atom. The van der Waals surface area contributed by atoms with Crippen LogP contribution in [0.25, 0.3) is 10.9 Å². The molecule has 0 aliphatic heterocycles. The first kappa shape index (κ1) is 15.1. The monoisotopic (exact) mass is 314 g/mol. The smallest absolute Gasteiger partial charge is 0.145 e. The van der Waals surface area contributed by atoms with Crippen LogP contribution in [0.15, 0.2) is 24.3 Å². The van der Waals surface area contributed by atoms with E-state index < -0.39 is 0 Å². The van der Waals surface area contributed by atoms with Gasteiger partial charge in [-0.15, -0.1) is 6.42 Å². The summed E-state index contributed by atoms with van der Waals surface area (Å²) in [6.07, 6.45) is 7.87. The molecule has 1 aromatic heterocycles. The summed E-state index contributed by atoms with van der Waals surface area (Å²) < 4.78 is 5.94. The zero-order chi connectivity index (χ0) is 15.5. The second kappa shape index (κ2) is 6.56. The van der Waals surface area contributed by atoms with Gasteiger partial charge in [-0.05, 0) is 50.1 Å². The lowest BCUT2D eigenvalue weighted by molar-refractivity contribution is 0.302. The van der Waals surface area contributed by atoms with Crippen LogP contribution >= 0.6 is 11.6 Å². The Morgan fingerprint density at radius 1 is 1.36 bits per heavy atom. The predicted molar refractivity (Wildman–Crippen MR) is 90.1 cm³/mol. The molecule has 0 N–H and O–H groups in total. The molecule has 0 radical (unpaired) electrons. The minimum atomic E-state index is 0.598. The molecule has 0 unspecified atom stereocenters. The van der Waals surface area contributed by atoms with Gasteiger partial charge < -0.3 is 4.74 Å². The van der Waals surface area contributed by atoms with E-state index in [9.17, 15) is 0 Å². The van der Waals surface area contributed by atoms with Gasteiger partial charge in [-0.3, -0.25) is 4.90 Å². The molecular formula is C18H19ClN2O. The number of hydrogen-bond acceptors (Lipinski definition) is 3. The van der Waals surface area contributed by atoms with Crippen LogP contribution in [0.1, 0.15) is 18.5 Å². The van der Waals surface area contributed by atoms with Gasteiger partial charge in [-0.2, -0.15) is 0 Å². The molecule has 3 nitrogen and oxygen atoms in total. The number of benzene rings is 1. The summed E-state index contributed by atoms with van der Waals surface area (Å²) in [6, 6.07) is 7.78. The minimum Gasteiger partial charge on any atom is -0.491 e. The fourth-order valence-corrected chi connectivity index (χ4v) is 2.60. The maximum Gasteiger partial charge on any atom is 0.145 e. The summed E-state index contributed by atoms with van der Waals surface area (Å²) in [7, 11) is 1.98. The van der Waals surface area contributed by atoms with Gasteiger partial charge in [-0.25, -0.2) is 4.98 Å². The van der Waals surface area contributed by atoms with Crippen molar-refractivity contribution in [2.75, 3.05) is 20.2 Å². The standard InChI is InChI=1S/C18H19ClN2O/c1-3-10-21(2)11-14-6-7-15-16(19)8-9-17(18(15)20-14)22-12-13-4-5-13/h1,6-9,13H,4-5,10-12H2,2H3. The van der Waals surface area contributed by atoms with E-state index >= 15 is 0 Å². The third kappa shape index (κ3) is 3.52. The number of rotatable bonds is 6. The highest BCUT2D eigenvalue weighted by molar-refractivity contribution is 6.35. The van der Waals surface area contributed by atoms with Gasteiger partial charge in [0.05, 0.1) is 23.9 Å². The first-order valence-corrected chi connectivity index (χ1v) is 7.88. The van der Waals surface area contributed by atoms with Crippen LogP contribution in [0.5, 0.6) is 5.75 Å². The molecule has 114 valence electrons. The second-order valence-corrected chi connectivity index (χ2v) is 6.28. The number of fused-ring (bicyclic) bond motifs is 1. The Morgan fingerprint density at radius 3 is 2.91 bits per heavy atom. The van der Waals surface area contributed by atoms with Crippen molar-refractivity contribution in [3.8, 4) is 18.1 Å². The minimum absolute atomic E-state index is 0.598. The summed E-state index contributed by atoms with van der Waals surface area (Å²) in [5.41, 5.74) is 1.79. The van der Waals surface area contributed by atoms with E-state index in [1.165, 1.54) is 12.8 Å². The van der Waals surface area contributed by atoms with Crippen LogP contribution in [0.3, 0.4) is 0 Å². The highest BCUT2D eigenvalue weighted by Crippen LogP contribution is 2.33. The highest BCUT2D eigenvalue weighted by Gasteiger charge is 2.22. The third-order valence-electron chi connectivity index (χ3n) is 3.79. The van der Waals surface area contributed by atoms with Crippen molar-refractivity contribution >= 4 is 22.5 Å². The van der Waals surface area contributed by atoms with Crippen LogP contribution in [0, 0.1) is 18.3 Å². The Bertz CT molecular complexity index is 719. The van der Waals surface area contributed by atoms with Crippen molar-refractivity contribution < 1.29 is 4.74 Å². The molecule has 3 rings (SSSR count). The Balaban J connectivity index is 1.89. The van der Waals surface area contributed by atoms with Gasteiger partial charge >= 0.3 is 0 Å². The number of halogens is 1. The largest absolute Gasteiger partial charge is 0.491 e. The number of terminal acetylenes is 1. The normalized spacial score (nSPS) is 14.3. The molecule has 4 heteroatoms. The Hall–Kier alpha value is -1.76. The number of pyridine rings is 1. The topological polar surface area (TPSA) is 25.4 Å². The average Bonchev–Trinajstić information content (AvgIpc) is 3.31. The molecule has 22 heavy (non-hydrogen) atoms. The molecule has 0 bridgehead atoms. The average molecular weight is 315 g/mol. The third-order valence-corrected chi connectivity index (χ3v) is 4.12. The van der Waals surface area contributed by atoms with Gasteiger partial charge in [0, 0.05) is 11.9 Å². The molecule has 1 fully saturated rings. The van der Waals surface area contributed by atoms with E-state index in [0.717, 1.165) is 29.0 Å². The first-order chi connectivity index (χ1) is 10.7. The van der Waals surface area contributed by atoms with Crippen molar-refractivity contribution in [2.24, 2.45) is 5.92 Å². The molecule has 1 aliphatic carbocycles. The summed E-state index contributed by atoms with van der Waals surface area (Å²) in [6.45, 7) is 2.06. The van der Waals surface area contributed by atoms with Crippen molar-refractivity contribution in [3.63, 3.8) is 0 Å². The molecule has 0 amide bonds. The van der Waals surface area contributed by atoms with Gasteiger partial charge in [0.25, 0.3) is 0 Å². The summed E-state index contributed by atoms with van der Waals surface area (Å²) in [4.78, 5) is 6.78. The molecule has 1 aromatic carbocycles. The highest BCUT2D eigenvalue weighted by atomic mass is 35.5. The SMILES string of the molecule is C#CCN(C)Cc1ccc2c(Cl)ccc(OCC3CC3)c2n1. The van der Waals surface area contributed by atoms with Gasteiger partial charge in [0.15, 0.2) is 0 Å². The van der Waals surface area contributed by atoms with Gasteiger partial charge in [-0.1, -0.05) is 17.5 Å². The number of ether oxygens (including phenoxy) is 1. The van der Waals surface area contributed by atoms with Crippen molar-refractivity contribution in [1.29, 1.82) is 0 Å². The fraction of sp³-hybridized carbons (Fsp3) is 0.389. The zero-order valence-electron chi connectivity index (χ0n) is 12.7. The zero-order valence-corrected chi connectivity index (χ0v) is 13.4.